The van der Waals surface area contributed by atoms with Crippen LogP contribution in [-0.2, 0) is 5.41 Å². The van der Waals surface area contributed by atoms with Gasteiger partial charge in [-0.2, -0.15) is 0 Å². The first kappa shape index (κ1) is 15.8. The number of aliphatic hydroxyl groups excluding tert-OH is 2. The summed E-state index contributed by atoms with van der Waals surface area (Å²) in [5.41, 5.74) is 2.09. The van der Waals surface area contributed by atoms with E-state index >= 15 is 0 Å². The summed E-state index contributed by atoms with van der Waals surface area (Å²) in [4.78, 5) is 0. The van der Waals surface area contributed by atoms with Crippen LogP contribution in [0.4, 0.5) is 5.69 Å². The Morgan fingerprint density at radius 2 is 1.95 bits per heavy atom. The number of benzene rings is 1. The molecular weight excluding hydrogens is 242 g/mol. The molecule has 0 saturated heterocycles. The van der Waals surface area contributed by atoms with Crippen LogP contribution in [0.5, 0.6) is 5.75 Å². The van der Waals surface area contributed by atoms with Gasteiger partial charge in [0.25, 0.3) is 0 Å². The molecular formula is C15H25NO3. The van der Waals surface area contributed by atoms with Crippen molar-refractivity contribution in [3.63, 3.8) is 0 Å². The molecule has 4 nitrogen and oxygen atoms in total. The highest BCUT2D eigenvalue weighted by molar-refractivity contribution is 5.59. The van der Waals surface area contributed by atoms with Crippen LogP contribution < -0.4 is 10.1 Å². The molecule has 0 radical (unpaired) electrons. The molecule has 1 aromatic carbocycles. The van der Waals surface area contributed by atoms with Crippen LogP contribution in [0.3, 0.4) is 0 Å². The summed E-state index contributed by atoms with van der Waals surface area (Å²) < 4.78 is 5.33. The van der Waals surface area contributed by atoms with Gasteiger partial charge in [0.05, 0.1) is 25.4 Å². The quantitative estimate of drug-likeness (QED) is 0.739. The second-order valence-electron chi connectivity index (χ2n) is 5.70. The van der Waals surface area contributed by atoms with Crippen molar-refractivity contribution in [2.24, 2.45) is 0 Å². The summed E-state index contributed by atoms with van der Waals surface area (Å²) >= 11 is 0. The number of aliphatic hydroxyl groups is 2. The number of ether oxygens (including phenoxy) is 1. The standard InChI is InChI=1S/C15H25NO3/c1-15(2,3)11-5-6-14(19-4)13(9-11)16-12(10-18)7-8-17/h5-6,9,12,16-18H,7-8,10H2,1-4H3. The first-order valence-electron chi connectivity index (χ1n) is 6.59. The molecule has 0 aliphatic rings. The Labute approximate surface area is 115 Å². The second kappa shape index (κ2) is 6.78. The molecule has 0 fully saturated rings. The highest BCUT2D eigenvalue weighted by Gasteiger charge is 2.17. The molecule has 1 rings (SSSR count). The molecule has 1 atom stereocenters. The van der Waals surface area contributed by atoms with Crippen LogP contribution in [0.2, 0.25) is 0 Å². The molecule has 108 valence electrons. The van der Waals surface area contributed by atoms with Gasteiger partial charge in [-0.3, -0.25) is 0 Å². The molecule has 19 heavy (non-hydrogen) atoms. The Bertz CT molecular complexity index is 399. The van der Waals surface area contributed by atoms with Crippen molar-refractivity contribution in [2.75, 3.05) is 25.6 Å². The van der Waals surface area contributed by atoms with Crippen molar-refractivity contribution in [1.82, 2.24) is 0 Å². The molecule has 0 aromatic heterocycles. The van der Waals surface area contributed by atoms with Crippen LogP contribution in [0.1, 0.15) is 32.8 Å². The maximum absolute atomic E-state index is 9.30. The summed E-state index contributed by atoms with van der Waals surface area (Å²) in [7, 11) is 1.62. The summed E-state index contributed by atoms with van der Waals surface area (Å²) in [6, 6.07) is 5.84. The van der Waals surface area contributed by atoms with E-state index in [9.17, 15) is 5.11 Å². The molecule has 0 amide bonds. The van der Waals surface area contributed by atoms with Gasteiger partial charge in [-0.05, 0) is 29.5 Å². The van der Waals surface area contributed by atoms with Crippen molar-refractivity contribution >= 4 is 5.69 Å². The minimum atomic E-state index is -0.172. The minimum Gasteiger partial charge on any atom is -0.495 e. The Morgan fingerprint density at radius 3 is 2.42 bits per heavy atom. The van der Waals surface area contributed by atoms with Gasteiger partial charge in [-0.25, -0.2) is 0 Å². The normalized spacial score (nSPS) is 13.2. The van der Waals surface area contributed by atoms with Gasteiger partial charge in [0, 0.05) is 6.61 Å². The van der Waals surface area contributed by atoms with E-state index in [4.69, 9.17) is 9.84 Å². The highest BCUT2D eigenvalue weighted by Crippen LogP contribution is 2.31. The molecule has 4 heteroatoms. The van der Waals surface area contributed by atoms with Crippen molar-refractivity contribution in [3.05, 3.63) is 23.8 Å². The van der Waals surface area contributed by atoms with E-state index < -0.39 is 0 Å². The van der Waals surface area contributed by atoms with Gasteiger partial charge in [-0.15, -0.1) is 0 Å². The average Bonchev–Trinajstić information content (AvgIpc) is 2.37. The van der Waals surface area contributed by atoms with Gasteiger partial charge < -0.3 is 20.3 Å². The van der Waals surface area contributed by atoms with Crippen molar-refractivity contribution in [1.29, 1.82) is 0 Å². The van der Waals surface area contributed by atoms with E-state index in [-0.39, 0.29) is 24.7 Å². The van der Waals surface area contributed by atoms with Crippen LogP contribution in [0.15, 0.2) is 18.2 Å². The number of rotatable bonds is 6. The average molecular weight is 267 g/mol. The smallest absolute Gasteiger partial charge is 0.141 e. The predicted molar refractivity (Wildman–Crippen MR) is 77.9 cm³/mol. The number of methoxy groups -OCH3 is 1. The Balaban J connectivity index is 3.02. The maximum atomic E-state index is 9.30. The maximum Gasteiger partial charge on any atom is 0.141 e. The summed E-state index contributed by atoms with van der Waals surface area (Å²) in [6.07, 6.45) is 0.499. The van der Waals surface area contributed by atoms with Gasteiger partial charge in [0.2, 0.25) is 0 Å². The van der Waals surface area contributed by atoms with Gasteiger partial charge >= 0.3 is 0 Å². The zero-order valence-electron chi connectivity index (χ0n) is 12.2. The Kier molecular flexibility index (Phi) is 5.63. The molecule has 1 unspecified atom stereocenters. The van der Waals surface area contributed by atoms with E-state index in [1.807, 2.05) is 18.2 Å². The first-order chi connectivity index (χ1) is 8.92. The van der Waals surface area contributed by atoms with E-state index in [0.29, 0.717) is 6.42 Å². The third-order valence-corrected chi connectivity index (χ3v) is 3.12. The molecule has 0 heterocycles. The first-order valence-corrected chi connectivity index (χ1v) is 6.59. The lowest BCUT2D eigenvalue weighted by molar-refractivity contribution is 0.228. The van der Waals surface area contributed by atoms with E-state index in [2.05, 4.69) is 26.1 Å². The highest BCUT2D eigenvalue weighted by atomic mass is 16.5. The zero-order chi connectivity index (χ0) is 14.5. The number of anilines is 1. The Morgan fingerprint density at radius 1 is 1.26 bits per heavy atom. The molecule has 1 aromatic rings. The van der Waals surface area contributed by atoms with Crippen molar-refractivity contribution < 1.29 is 14.9 Å². The van der Waals surface area contributed by atoms with Gasteiger partial charge in [0.1, 0.15) is 5.75 Å². The molecule has 0 aliphatic heterocycles. The third-order valence-electron chi connectivity index (χ3n) is 3.12. The second-order valence-corrected chi connectivity index (χ2v) is 5.70. The molecule has 0 spiro atoms. The topological polar surface area (TPSA) is 61.7 Å². The lowest BCUT2D eigenvalue weighted by Gasteiger charge is -2.23. The molecule has 0 saturated carbocycles. The fraction of sp³-hybridized carbons (Fsp3) is 0.600. The number of hydrogen-bond acceptors (Lipinski definition) is 4. The fourth-order valence-corrected chi connectivity index (χ4v) is 1.87. The molecule has 0 bridgehead atoms. The van der Waals surface area contributed by atoms with Crippen LogP contribution in [0, 0.1) is 0 Å². The van der Waals surface area contributed by atoms with Crippen LogP contribution in [0.25, 0.3) is 0 Å². The Hall–Kier alpha value is -1.26. The van der Waals surface area contributed by atoms with Crippen LogP contribution >= 0.6 is 0 Å². The lowest BCUT2D eigenvalue weighted by atomic mass is 9.86. The van der Waals surface area contributed by atoms with Crippen molar-refractivity contribution in [2.45, 2.75) is 38.6 Å². The van der Waals surface area contributed by atoms with Gasteiger partial charge in [0.15, 0.2) is 0 Å². The summed E-state index contributed by atoms with van der Waals surface area (Å²) in [6.45, 7) is 6.46. The third kappa shape index (κ3) is 4.40. The SMILES string of the molecule is COc1ccc(C(C)(C)C)cc1NC(CO)CCO. The summed E-state index contributed by atoms with van der Waals surface area (Å²) in [5, 5.41) is 21.5. The van der Waals surface area contributed by atoms with Gasteiger partial charge in [-0.1, -0.05) is 26.8 Å². The van der Waals surface area contributed by atoms with E-state index in [1.165, 1.54) is 5.56 Å². The molecule has 3 N–H and O–H groups in total. The number of nitrogens with one attached hydrogen (secondary N) is 1. The predicted octanol–water partition coefficient (Wildman–Crippen LogP) is 2.15. The zero-order valence-corrected chi connectivity index (χ0v) is 12.2. The van der Waals surface area contributed by atoms with Crippen LogP contribution in [-0.4, -0.2) is 36.6 Å². The van der Waals surface area contributed by atoms with E-state index in [0.717, 1.165) is 11.4 Å². The summed E-state index contributed by atoms with van der Waals surface area (Å²) in [5.74, 6) is 0.740. The van der Waals surface area contributed by atoms with Crippen molar-refractivity contribution in [3.8, 4) is 5.75 Å². The lowest BCUT2D eigenvalue weighted by Crippen LogP contribution is -2.25. The fourth-order valence-electron chi connectivity index (χ4n) is 1.87. The largest absolute Gasteiger partial charge is 0.495 e. The molecule has 0 aliphatic carbocycles. The minimum absolute atomic E-state index is 0.0243. The monoisotopic (exact) mass is 267 g/mol. The van der Waals surface area contributed by atoms with E-state index in [1.54, 1.807) is 7.11 Å². The number of hydrogen-bond donors (Lipinski definition) is 3.